The van der Waals surface area contributed by atoms with Gasteiger partial charge in [0, 0.05) is 32.9 Å². The van der Waals surface area contributed by atoms with Crippen molar-refractivity contribution in [2.45, 2.75) is 13.5 Å². The molecule has 0 saturated carbocycles. The van der Waals surface area contributed by atoms with Gasteiger partial charge in [-0.3, -0.25) is 0 Å². The molecule has 2 rings (SSSR count). The van der Waals surface area contributed by atoms with E-state index >= 15 is 0 Å². The minimum atomic E-state index is 0.476. The van der Waals surface area contributed by atoms with Crippen molar-refractivity contribution < 1.29 is 4.74 Å². The van der Waals surface area contributed by atoms with Crippen molar-refractivity contribution in [3.63, 3.8) is 0 Å². The molecule has 2 aromatic rings. The second kappa shape index (κ2) is 5.84. The topological polar surface area (TPSA) is 55.8 Å². The number of methoxy groups -OCH3 is 1. The molecule has 0 fully saturated rings. The fourth-order valence-corrected chi connectivity index (χ4v) is 2.09. The van der Waals surface area contributed by atoms with E-state index in [9.17, 15) is 0 Å². The number of likely N-dealkylation sites (N-methyl/N-ethyl adjacent to an activating group) is 1. The Morgan fingerprint density at radius 1 is 1.44 bits per heavy atom. The number of aromatic nitrogens is 2. The highest BCUT2D eigenvalue weighted by Gasteiger charge is 2.15. The van der Waals surface area contributed by atoms with Gasteiger partial charge < -0.3 is 19.8 Å². The smallest absolute Gasteiger partial charge is 0.152 e. The molecule has 0 atom stereocenters. The van der Waals surface area contributed by atoms with Crippen molar-refractivity contribution in [1.29, 1.82) is 0 Å². The summed E-state index contributed by atoms with van der Waals surface area (Å²) in [7, 11) is 1.71. The Hall–Kier alpha value is -1.59. The third-order valence-electron chi connectivity index (χ3n) is 3.05. The maximum atomic E-state index is 5.86. The molecule has 2 heterocycles. The van der Waals surface area contributed by atoms with Crippen LogP contribution in [0, 0.1) is 0 Å². The normalized spacial score (nSPS) is 11.1. The fraction of sp³-hybridized carbons (Fsp3) is 0.462. The molecule has 0 saturated heterocycles. The first-order valence-electron chi connectivity index (χ1n) is 6.21. The summed E-state index contributed by atoms with van der Waals surface area (Å²) in [5.74, 6) is 0.961. The highest BCUT2D eigenvalue weighted by molar-refractivity contribution is 5.55. The summed E-state index contributed by atoms with van der Waals surface area (Å²) >= 11 is 0. The van der Waals surface area contributed by atoms with Crippen LogP contribution in [-0.4, -0.2) is 36.2 Å². The SMILES string of the molecule is CCN(CCOC)c1nc2ccccn2c1CN. The highest BCUT2D eigenvalue weighted by Crippen LogP contribution is 2.21. The van der Waals surface area contributed by atoms with Crippen LogP contribution in [0.15, 0.2) is 24.4 Å². The summed E-state index contributed by atoms with van der Waals surface area (Å²) in [4.78, 5) is 6.85. The van der Waals surface area contributed by atoms with Gasteiger partial charge in [0.05, 0.1) is 12.3 Å². The number of pyridine rings is 1. The monoisotopic (exact) mass is 248 g/mol. The Morgan fingerprint density at radius 3 is 2.94 bits per heavy atom. The second-order valence-corrected chi connectivity index (χ2v) is 4.09. The average Bonchev–Trinajstić information content (AvgIpc) is 2.78. The maximum Gasteiger partial charge on any atom is 0.152 e. The quantitative estimate of drug-likeness (QED) is 0.836. The molecule has 18 heavy (non-hydrogen) atoms. The molecule has 0 aromatic carbocycles. The van der Waals surface area contributed by atoms with Crippen molar-refractivity contribution >= 4 is 11.5 Å². The van der Waals surface area contributed by atoms with Crippen LogP contribution in [0.3, 0.4) is 0 Å². The second-order valence-electron chi connectivity index (χ2n) is 4.09. The van der Waals surface area contributed by atoms with E-state index in [1.165, 1.54) is 0 Å². The van der Waals surface area contributed by atoms with Gasteiger partial charge in [-0.25, -0.2) is 4.98 Å². The first kappa shape index (κ1) is 12.9. The van der Waals surface area contributed by atoms with Gasteiger partial charge in [0.2, 0.25) is 0 Å². The number of nitrogens with two attached hydrogens (primary N) is 1. The minimum absolute atomic E-state index is 0.476. The standard InChI is InChI=1S/C13H20N4O/c1-3-16(8-9-18-2)13-11(10-14)17-7-5-4-6-12(17)15-13/h4-7H,3,8-10,14H2,1-2H3. The molecule has 0 amide bonds. The van der Waals surface area contributed by atoms with Crippen molar-refractivity contribution in [1.82, 2.24) is 9.38 Å². The van der Waals surface area contributed by atoms with E-state index in [1.807, 2.05) is 28.8 Å². The van der Waals surface area contributed by atoms with E-state index in [0.29, 0.717) is 13.2 Å². The predicted molar refractivity (Wildman–Crippen MR) is 72.8 cm³/mol. The van der Waals surface area contributed by atoms with Gasteiger partial charge in [0.15, 0.2) is 5.82 Å². The Kier molecular flexibility index (Phi) is 4.17. The van der Waals surface area contributed by atoms with Crippen molar-refractivity contribution in [2.24, 2.45) is 5.73 Å². The largest absolute Gasteiger partial charge is 0.383 e. The maximum absolute atomic E-state index is 5.86. The lowest BCUT2D eigenvalue weighted by Gasteiger charge is -2.21. The zero-order chi connectivity index (χ0) is 13.0. The number of rotatable bonds is 6. The molecule has 0 aliphatic heterocycles. The lowest BCUT2D eigenvalue weighted by Crippen LogP contribution is -2.28. The van der Waals surface area contributed by atoms with E-state index in [2.05, 4.69) is 16.8 Å². The van der Waals surface area contributed by atoms with Crippen LogP contribution < -0.4 is 10.6 Å². The number of anilines is 1. The first-order valence-corrected chi connectivity index (χ1v) is 6.21. The Bertz CT molecular complexity index is 509. The Morgan fingerprint density at radius 2 is 2.28 bits per heavy atom. The third-order valence-corrected chi connectivity index (χ3v) is 3.05. The van der Waals surface area contributed by atoms with Gasteiger partial charge in [-0.15, -0.1) is 0 Å². The Balaban J connectivity index is 2.41. The van der Waals surface area contributed by atoms with E-state index in [-0.39, 0.29) is 0 Å². The molecule has 0 bridgehead atoms. The van der Waals surface area contributed by atoms with Crippen LogP contribution in [0.5, 0.6) is 0 Å². The van der Waals surface area contributed by atoms with Crippen molar-refractivity contribution in [2.75, 3.05) is 31.7 Å². The molecule has 98 valence electrons. The lowest BCUT2D eigenvalue weighted by molar-refractivity contribution is 0.205. The summed E-state index contributed by atoms with van der Waals surface area (Å²) in [5, 5.41) is 0. The summed E-state index contributed by atoms with van der Waals surface area (Å²) in [6.45, 7) is 4.99. The van der Waals surface area contributed by atoms with Gasteiger partial charge >= 0.3 is 0 Å². The van der Waals surface area contributed by atoms with Crippen LogP contribution in [0.2, 0.25) is 0 Å². The molecule has 2 N–H and O–H groups in total. The van der Waals surface area contributed by atoms with Crippen LogP contribution in [0.25, 0.3) is 5.65 Å². The van der Waals surface area contributed by atoms with Crippen molar-refractivity contribution in [3.05, 3.63) is 30.1 Å². The number of imidazole rings is 1. The molecule has 0 aliphatic rings. The third kappa shape index (κ3) is 2.32. The van der Waals surface area contributed by atoms with Crippen LogP contribution in [0.4, 0.5) is 5.82 Å². The van der Waals surface area contributed by atoms with Gasteiger partial charge in [0.25, 0.3) is 0 Å². The molecule has 0 aliphatic carbocycles. The van der Waals surface area contributed by atoms with Gasteiger partial charge in [-0.05, 0) is 19.1 Å². The number of fused-ring (bicyclic) bond motifs is 1. The van der Waals surface area contributed by atoms with Crippen LogP contribution in [-0.2, 0) is 11.3 Å². The van der Waals surface area contributed by atoms with E-state index in [1.54, 1.807) is 7.11 Å². The van der Waals surface area contributed by atoms with Gasteiger partial charge in [-0.1, -0.05) is 6.07 Å². The molecule has 5 nitrogen and oxygen atoms in total. The predicted octanol–water partition coefficient (Wildman–Crippen LogP) is 1.27. The molecule has 5 heteroatoms. The summed E-state index contributed by atoms with van der Waals surface area (Å²) < 4.78 is 7.18. The number of hydrogen-bond acceptors (Lipinski definition) is 4. The highest BCUT2D eigenvalue weighted by atomic mass is 16.5. The first-order chi connectivity index (χ1) is 8.81. The molecule has 0 radical (unpaired) electrons. The minimum Gasteiger partial charge on any atom is -0.383 e. The summed E-state index contributed by atoms with van der Waals surface area (Å²) in [5.41, 5.74) is 7.84. The van der Waals surface area contributed by atoms with Crippen LogP contribution >= 0.6 is 0 Å². The summed E-state index contributed by atoms with van der Waals surface area (Å²) in [6, 6.07) is 5.97. The van der Waals surface area contributed by atoms with Crippen LogP contribution in [0.1, 0.15) is 12.6 Å². The Labute approximate surface area is 107 Å². The van der Waals surface area contributed by atoms with E-state index < -0.39 is 0 Å². The van der Waals surface area contributed by atoms with E-state index in [0.717, 1.165) is 30.2 Å². The molecule has 2 aromatic heterocycles. The fourth-order valence-electron chi connectivity index (χ4n) is 2.09. The van der Waals surface area contributed by atoms with Crippen molar-refractivity contribution in [3.8, 4) is 0 Å². The molecule has 0 unspecified atom stereocenters. The molecule has 0 spiro atoms. The number of hydrogen-bond donors (Lipinski definition) is 1. The molecular weight excluding hydrogens is 228 g/mol. The zero-order valence-corrected chi connectivity index (χ0v) is 11.0. The zero-order valence-electron chi connectivity index (χ0n) is 11.0. The van der Waals surface area contributed by atoms with Gasteiger partial charge in [-0.2, -0.15) is 0 Å². The number of ether oxygens (including phenoxy) is 1. The molecular formula is C13H20N4O. The average molecular weight is 248 g/mol. The van der Waals surface area contributed by atoms with Gasteiger partial charge in [0.1, 0.15) is 5.65 Å². The lowest BCUT2D eigenvalue weighted by atomic mass is 10.3. The summed E-state index contributed by atoms with van der Waals surface area (Å²) in [6.07, 6.45) is 2.00. The number of nitrogens with zero attached hydrogens (tertiary/aromatic N) is 3. The van der Waals surface area contributed by atoms with E-state index in [4.69, 9.17) is 10.5 Å².